The zero-order valence-electron chi connectivity index (χ0n) is 21.6. The Hall–Kier alpha value is -3.30. The molecule has 4 fully saturated rings. The number of nitrogens with zero attached hydrogens (tertiary/aromatic N) is 2. The molecule has 0 radical (unpaired) electrons. The molecule has 9 heteroatoms. The summed E-state index contributed by atoms with van der Waals surface area (Å²) in [6, 6.07) is 10.5. The third-order valence-electron chi connectivity index (χ3n) is 9.83. The highest BCUT2D eigenvalue weighted by Gasteiger charge is 2.58. The lowest BCUT2D eigenvalue weighted by Crippen LogP contribution is -2.62. The number of halogens is 2. The number of anilines is 1. The topological polar surface area (TPSA) is 91.2 Å². The van der Waals surface area contributed by atoms with Gasteiger partial charge in [-0.2, -0.15) is 0 Å². The number of rotatable bonds is 7. The standard InChI is InChI=1S/C30H33F2N5O2/c31-20-4-6-21(7-5-20)36-29(39)35-15-34-28-18-8-17-9-19(28)13-30(11-17,12-18)26(38)10-24-27-22(2-1-3-23(27)32)25-14-33-16-37(24)25/h1-7,14,16-19,24,26,28,34,38H,8-13,15H2,(H2,35,36,39). The quantitative estimate of drug-likeness (QED) is 0.320. The highest BCUT2D eigenvalue weighted by molar-refractivity contribution is 5.89. The van der Waals surface area contributed by atoms with Crippen molar-refractivity contribution in [1.29, 1.82) is 0 Å². The van der Waals surface area contributed by atoms with Crippen molar-refractivity contribution in [3.63, 3.8) is 0 Å². The van der Waals surface area contributed by atoms with Crippen molar-refractivity contribution in [3.05, 3.63) is 72.2 Å². The van der Waals surface area contributed by atoms with Gasteiger partial charge in [-0.1, -0.05) is 12.1 Å². The Morgan fingerprint density at radius 2 is 1.87 bits per heavy atom. The summed E-state index contributed by atoms with van der Waals surface area (Å²) in [5, 5.41) is 20.9. The minimum Gasteiger partial charge on any atom is -0.392 e. The largest absolute Gasteiger partial charge is 0.392 e. The number of carbonyl (C=O) groups excluding carboxylic acids is 1. The molecule has 39 heavy (non-hydrogen) atoms. The number of hydrogen-bond donors (Lipinski definition) is 4. The lowest BCUT2D eigenvalue weighted by Gasteiger charge is -2.61. The van der Waals surface area contributed by atoms with Gasteiger partial charge in [0.2, 0.25) is 0 Å². The van der Waals surface area contributed by atoms with Gasteiger partial charge >= 0.3 is 6.03 Å². The second-order valence-electron chi connectivity index (χ2n) is 12.0. The Kier molecular flexibility index (Phi) is 5.97. The molecule has 4 aliphatic carbocycles. The molecule has 2 heterocycles. The van der Waals surface area contributed by atoms with E-state index in [-0.39, 0.29) is 35.2 Å². The minimum atomic E-state index is -0.531. The van der Waals surface area contributed by atoms with Gasteiger partial charge in [-0.25, -0.2) is 18.6 Å². The summed E-state index contributed by atoms with van der Waals surface area (Å²) in [5.41, 5.74) is 2.83. The first-order valence-corrected chi connectivity index (χ1v) is 13.9. The van der Waals surface area contributed by atoms with Gasteiger partial charge in [-0.05, 0) is 92.0 Å². The van der Waals surface area contributed by atoms with Gasteiger partial charge in [0.1, 0.15) is 11.6 Å². The Balaban J connectivity index is 1.01. The highest BCUT2D eigenvalue weighted by Crippen LogP contribution is 2.62. The number of amides is 2. The van der Waals surface area contributed by atoms with Crippen LogP contribution in [0.4, 0.5) is 19.3 Å². The maximum Gasteiger partial charge on any atom is 0.320 e. The molecule has 4 saturated carbocycles. The molecular weight excluding hydrogens is 500 g/mol. The smallest absolute Gasteiger partial charge is 0.320 e. The summed E-state index contributed by atoms with van der Waals surface area (Å²) in [4.78, 5) is 16.6. The molecule has 2 aromatic carbocycles. The summed E-state index contributed by atoms with van der Waals surface area (Å²) in [6.07, 6.45) is 8.66. The van der Waals surface area contributed by atoms with Crippen LogP contribution < -0.4 is 16.0 Å². The molecule has 4 N–H and O–H groups in total. The molecule has 2 amide bonds. The third-order valence-corrected chi connectivity index (χ3v) is 9.83. The van der Waals surface area contributed by atoms with Crippen molar-refractivity contribution in [1.82, 2.24) is 20.2 Å². The van der Waals surface area contributed by atoms with Crippen molar-refractivity contribution in [3.8, 4) is 11.3 Å². The van der Waals surface area contributed by atoms with E-state index in [0.717, 1.165) is 43.4 Å². The number of benzene rings is 2. The molecule has 4 unspecified atom stereocenters. The van der Waals surface area contributed by atoms with Crippen LogP contribution in [0.2, 0.25) is 0 Å². The lowest BCUT2D eigenvalue weighted by molar-refractivity contribution is -0.137. The van der Waals surface area contributed by atoms with E-state index < -0.39 is 6.10 Å². The molecule has 4 bridgehead atoms. The van der Waals surface area contributed by atoms with Gasteiger partial charge in [0.25, 0.3) is 0 Å². The number of urea groups is 1. The van der Waals surface area contributed by atoms with Crippen LogP contribution in [0.3, 0.4) is 0 Å². The molecule has 1 aromatic heterocycles. The summed E-state index contributed by atoms with van der Waals surface area (Å²) in [5.74, 6) is 0.896. The molecule has 5 aliphatic rings. The molecule has 204 valence electrons. The first kappa shape index (κ1) is 24.7. The average Bonchev–Trinajstić information content (AvgIpc) is 3.50. The van der Waals surface area contributed by atoms with Crippen LogP contribution in [0.15, 0.2) is 55.0 Å². The number of imidazole rings is 1. The number of aliphatic hydroxyl groups excluding tert-OH is 1. The van der Waals surface area contributed by atoms with Gasteiger partial charge in [-0.15, -0.1) is 0 Å². The van der Waals surface area contributed by atoms with Crippen LogP contribution in [0.25, 0.3) is 11.3 Å². The fraction of sp³-hybridized carbons (Fsp3) is 0.467. The first-order valence-electron chi connectivity index (χ1n) is 13.9. The zero-order valence-corrected chi connectivity index (χ0v) is 21.6. The van der Waals surface area contributed by atoms with Crippen LogP contribution in [-0.2, 0) is 0 Å². The summed E-state index contributed by atoms with van der Waals surface area (Å²) in [7, 11) is 0. The first-order chi connectivity index (χ1) is 18.9. The van der Waals surface area contributed by atoms with Gasteiger partial charge < -0.3 is 20.3 Å². The van der Waals surface area contributed by atoms with E-state index in [1.165, 1.54) is 30.3 Å². The average molecular weight is 534 g/mol. The lowest BCUT2D eigenvalue weighted by atomic mass is 9.46. The van der Waals surface area contributed by atoms with Crippen molar-refractivity contribution in [2.24, 2.45) is 23.2 Å². The number of aromatic nitrogens is 2. The van der Waals surface area contributed by atoms with Crippen LogP contribution >= 0.6 is 0 Å². The van der Waals surface area contributed by atoms with Crippen molar-refractivity contribution in [2.45, 2.75) is 56.7 Å². The van der Waals surface area contributed by atoms with Crippen molar-refractivity contribution in [2.75, 3.05) is 12.0 Å². The van der Waals surface area contributed by atoms with Crippen LogP contribution in [0.5, 0.6) is 0 Å². The second-order valence-corrected chi connectivity index (χ2v) is 12.0. The van der Waals surface area contributed by atoms with E-state index in [1.54, 1.807) is 18.6 Å². The maximum absolute atomic E-state index is 15.0. The van der Waals surface area contributed by atoms with Gasteiger partial charge in [0, 0.05) is 22.9 Å². The summed E-state index contributed by atoms with van der Waals surface area (Å²) in [6.45, 7) is 0.340. The van der Waals surface area contributed by atoms with Crippen LogP contribution in [-0.4, -0.2) is 39.5 Å². The molecular formula is C30H33F2N5O2. The zero-order chi connectivity index (χ0) is 26.7. The van der Waals surface area contributed by atoms with E-state index in [1.807, 2.05) is 10.6 Å². The molecule has 1 aliphatic heterocycles. The summed E-state index contributed by atoms with van der Waals surface area (Å²) >= 11 is 0. The van der Waals surface area contributed by atoms with Crippen LogP contribution in [0, 0.1) is 34.8 Å². The molecule has 3 aromatic rings. The van der Waals surface area contributed by atoms with E-state index in [4.69, 9.17) is 0 Å². The number of fused-ring (bicyclic) bond motifs is 3. The van der Waals surface area contributed by atoms with E-state index in [0.29, 0.717) is 42.1 Å². The molecule has 7 nitrogen and oxygen atoms in total. The van der Waals surface area contributed by atoms with Crippen LogP contribution in [0.1, 0.15) is 50.1 Å². The van der Waals surface area contributed by atoms with Crippen molar-refractivity contribution < 1.29 is 18.7 Å². The fourth-order valence-corrected chi connectivity index (χ4v) is 8.48. The highest BCUT2D eigenvalue weighted by atomic mass is 19.1. The Bertz CT molecular complexity index is 1380. The Labute approximate surface area is 226 Å². The number of hydrogen-bond acceptors (Lipinski definition) is 4. The third kappa shape index (κ3) is 4.23. The summed E-state index contributed by atoms with van der Waals surface area (Å²) < 4.78 is 30.1. The minimum absolute atomic E-state index is 0.156. The Morgan fingerprint density at radius 3 is 2.64 bits per heavy atom. The maximum atomic E-state index is 15.0. The SMILES string of the molecule is O=C(NCNC1C2CC3CC1CC(C(O)CC1c4c(F)cccc4-c4cncn41)(C3)C2)Nc1ccc(F)cc1. The molecule has 4 atom stereocenters. The fourth-order valence-electron chi connectivity index (χ4n) is 8.48. The predicted octanol–water partition coefficient (Wildman–Crippen LogP) is 5.05. The Morgan fingerprint density at radius 1 is 1.10 bits per heavy atom. The van der Waals surface area contributed by atoms with E-state index in [9.17, 15) is 18.7 Å². The van der Waals surface area contributed by atoms with E-state index in [2.05, 4.69) is 20.9 Å². The molecule has 8 rings (SSSR count). The predicted molar refractivity (Wildman–Crippen MR) is 143 cm³/mol. The van der Waals surface area contributed by atoms with Gasteiger partial charge in [-0.3, -0.25) is 5.32 Å². The molecule has 0 spiro atoms. The monoisotopic (exact) mass is 533 g/mol. The van der Waals surface area contributed by atoms with E-state index >= 15 is 0 Å². The van der Waals surface area contributed by atoms with Gasteiger partial charge in [0.15, 0.2) is 0 Å². The normalized spacial score (nSPS) is 30.6. The molecule has 0 saturated heterocycles. The number of carbonyl (C=O) groups is 1. The second kappa shape index (κ2) is 9.41. The van der Waals surface area contributed by atoms with Gasteiger partial charge in [0.05, 0.1) is 37.0 Å². The number of aliphatic hydroxyl groups is 1. The number of nitrogens with one attached hydrogen (secondary N) is 3. The van der Waals surface area contributed by atoms with Crippen molar-refractivity contribution >= 4 is 11.7 Å².